The van der Waals surface area contributed by atoms with E-state index in [2.05, 4.69) is 14.7 Å². The first kappa shape index (κ1) is 12.3. The van der Waals surface area contributed by atoms with Crippen LogP contribution in [0.5, 0.6) is 0 Å². The molecule has 0 amide bonds. The molecule has 1 heterocycles. The van der Waals surface area contributed by atoms with Crippen LogP contribution in [0.3, 0.4) is 0 Å². The van der Waals surface area contributed by atoms with Gasteiger partial charge in [-0.15, -0.1) is 0 Å². The van der Waals surface area contributed by atoms with Gasteiger partial charge < -0.3 is 10.3 Å². The number of nitrogen functional groups attached to an aromatic ring is 1. The van der Waals surface area contributed by atoms with Crippen molar-refractivity contribution in [1.82, 2.24) is 10.1 Å². The van der Waals surface area contributed by atoms with Gasteiger partial charge in [0.1, 0.15) is 12.2 Å². The van der Waals surface area contributed by atoms with Crippen LogP contribution >= 0.6 is 0 Å². The predicted molar refractivity (Wildman–Crippen MR) is 53.9 cm³/mol. The average molecular weight is 261 g/mol. The first-order chi connectivity index (χ1) is 8.37. The Kier molecular flexibility index (Phi) is 2.93. The highest BCUT2D eigenvalue weighted by Gasteiger charge is 2.30. The van der Waals surface area contributed by atoms with Crippen LogP contribution in [0.15, 0.2) is 22.7 Å². The first-order valence-corrected chi connectivity index (χ1v) is 4.80. The highest BCUT2D eigenvalue weighted by atomic mass is 19.4. The third-order valence-electron chi connectivity index (χ3n) is 2.11. The number of halogens is 4. The highest BCUT2D eigenvalue weighted by molar-refractivity contribution is 5.70. The van der Waals surface area contributed by atoms with E-state index in [9.17, 15) is 17.6 Å². The second-order valence-electron chi connectivity index (χ2n) is 3.51. The van der Waals surface area contributed by atoms with Crippen molar-refractivity contribution in [3.8, 4) is 11.5 Å². The number of aromatic nitrogens is 2. The third kappa shape index (κ3) is 2.58. The van der Waals surface area contributed by atoms with Crippen LogP contribution in [-0.4, -0.2) is 16.3 Å². The minimum Gasteiger partial charge on any atom is -0.396 e. The molecule has 96 valence electrons. The molecule has 0 aliphatic rings. The molecule has 0 radical (unpaired) electrons. The number of anilines is 1. The van der Waals surface area contributed by atoms with Gasteiger partial charge in [0.15, 0.2) is 5.82 Å². The van der Waals surface area contributed by atoms with Crippen LogP contribution in [0.2, 0.25) is 0 Å². The quantitative estimate of drug-likeness (QED) is 0.666. The molecule has 18 heavy (non-hydrogen) atoms. The summed E-state index contributed by atoms with van der Waals surface area (Å²) in [6.45, 7) is 0. The van der Waals surface area contributed by atoms with Crippen molar-refractivity contribution in [2.24, 2.45) is 0 Å². The second kappa shape index (κ2) is 4.28. The first-order valence-electron chi connectivity index (χ1n) is 4.80. The fourth-order valence-electron chi connectivity index (χ4n) is 1.34. The number of para-hydroxylation sites is 1. The lowest BCUT2D eigenvalue weighted by atomic mass is 10.2. The van der Waals surface area contributed by atoms with E-state index < -0.39 is 24.2 Å². The van der Waals surface area contributed by atoms with Crippen LogP contribution in [0.25, 0.3) is 11.5 Å². The van der Waals surface area contributed by atoms with Crippen LogP contribution in [-0.2, 0) is 6.42 Å². The van der Waals surface area contributed by atoms with Crippen molar-refractivity contribution >= 4 is 5.69 Å². The zero-order valence-corrected chi connectivity index (χ0v) is 8.83. The maximum absolute atomic E-state index is 13.1. The molecular formula is C10H7F4N3O. The van der Waals surface area contributed by atoms with Gasteiger partial charge in [0, 0.05) is 0 Å². The van der Waals surface area contributed by atoms with Crippen LogP contribution in [0.1, 0.15) is 5.82 Å². The predicted octanol–water partition coefficient (Wildman–Crippen LogP) is 2.56. The van der Waals surface area contributed by atoms with Gasteiger partial charge in [-0.3, -0.25) is 0 Å². The minimum absolute atomic E-state index is 0.0657. The van der Waals surface area contributed by atoms with Gasteiger partial charge in [-0.05, 0) is 12.1 Å². The lowest BCUT2D eigenvalue weighted by Gasteiger charge is -2.01. The Hall–Kier alpha value is -2.12. The van der Waals surface area contributed by atoms with Gasteiger partial charge in [-0.2, -0.15) is 18.2 Å². The van der Waals surface area contributed by atoms with Gasteiger partial charge in [-0.25, -0.2) is 4.39 Å². The van der Waals surface area contributed by atoms with Crippen LogP contribution in [0.4, 0.5) is 23.2 Å². The molecule has 2 N–H and O–H groups in total. The average Bonchev–Trinajstić information content (AvgIpc) is 2.68. The molecule has 1 aromatic carbocycles. The Morgan fingerprint density at radius 1 is 1.28 bits per heavy atom. The van der Waals surface area contributed by atoms with Crippen molar-refractivity contribution in [3.63, 3.8) is 0 Å². The summed E-state index contributed by atoms with van der Waals surface area (Å²) < 4.78 is 54.0. The third-order valence-corrected chi connectivity index (χ3v) is 2.11. The van der Waals surface area contributed by atoms with Crippen molar-refractivity contribution in [1.29, 1.82) is 0 Å². The van der Waals surface area contributed by atoms with E-state index in [1.54, 1.807) is 0 Å². The molecule has 4 nitrogen and oxygen atoms in total. The maximum Gasteiger partial charge on any atom is 0.396 e. The number of rotatable bonds is 2. The molecule has 2 aromatic rings. The van der Waals surface area contributed by atoms with Crippen LogP contribution in [0, 0.1) is 5.82 Å². The molecule has 0 saturated heterocycles. The zero-order valence-electron chi connectivity index (χ0n) is 8.83. The summed E-state index contributed by atoms with van der Waals surface area (Å²) in [7, 11) is 0. The Labute approximate surface area is 98.4 Å². The number of benzene rings is 1. The summed E-state index contributed by atoms with van der Waals surface area (Å²) in [5.74, 6) is -1.48. The lowest BCUT2D eigenvalue weighted by molar-refractivity contribution is -0.128. The molecule has 0 bridgehead atoms. The topological polar surface area (TPSA) is 64.9 Å². The number of hydrogen-bond acceptors (Lipinski definition) is 4. The van der Waals surface area contributed by atoms with Gasteiger partial charge in [0.2, 0.25) is 0 Å². The Morgan fingerprint density at radius 2 is 2.00 bits per heavy atom. The second-order valence-corrected chi connectivity index (χ2v) is 3.51. The van der Waals surface area contributed by atoms with E-state index in [-0.39, 0.29) is 17.1 Å². The van der Waals surface area contributed by atoms with Crippen molar-refractivity contribution in [2.45, 2.75) is 12.6 Å². The van der Waals surface area contributed by atoms with Gasteiger partial charge >= 0.3 is 6.18 Å². The van der Waals surface area contributed by atoms with Gasteiger partial charge in [0.25, 0.3) is 5.89 Å². The summed E-state index contributed by atoms with van der Waals surface area (Å²) in [6.07, 6.45) is -5.75. The summed E-state index contributed by atoms with van der Waals surface area (Å²) in [4.78, 5) is 3.52. The molecule has 0 aliphatic heterocycles. The van der Waals surface area contributed by atoms with E-state index in [0.29, 0.717) is 0 Å². The number of hydrogen-bond donors (Lipinski definition) is 1. The van der Waals surface area contributed by atoms with Gasteiger partial charge in [-0.1, -0.05) is 11.2 Å². The Morgan fingerprint density at radius 3 is 2.67 bits per heavy atom. The smallest absolute Gasteiger partial charge is 0.396 e. The van der Waals surface area contributed by atoms with Crippen molar-refractivity contribution in [3.05, 3.63) is 29.8 Å². The molecule has 0 unspecified atom stereocenters. The summed E-state index contributed by atoms with van der Waals surface area (Å²) in [6, 6.07) is 3.84. The molecule has 0 spiro atoms. The fourth-order valence-corrected chi connectivity index (χ4v) is 1.34. The SMILES string of the molecule is Nc1c(F)cccc1-c1nc(CC(F)(F)F)no1. The maximum atomic E-state index is 13.1. The summed E-state index contributed by atoms with van der Waals surface area (Å²) in [5.41, 5.74) is 5.24. The highest BCUT2D eigenvalue weighted by Crippen LogP contribution is 2.27. The number of nitrogens with two attached hydrogens (primary N) is 1. The fraction of sp³-hybridized carbons (Fsp3) is 0.200. The largest absolute Gasteiger partial charge is 0.396 e. The van der Waals surface area contributed by atoms with E-state index in [1.165, 1.54) is 12.1 Å². The van der Waals surface area contributed by atoms with Crippen molar-refractivity contribution in [2.75, 3.05) is 5.73 Å². The van der Waals surface area contributed by atoms with E-state index >= 15 is 0 Å². The van der Waals surface area contributed by atoms with E-state index in [1.807, 2.05) is 0 Å². The normalized spacial score (nSPS) is 11.8. The standard InChI is InChI=1S/C10H7F4N3O/c11-6-3-1-2-5(8(6)15)9-16-7(17-18-9)4-10(12,13)14/h1-3H,4,15H2. The molecule has 8 heteroatoms. The number of nitrogens with zero attached hydrogens (tertiary/aromatic N) is 2. The number of alkyl halides is 3. The summed E-state index contributed by atoms with van der Waals surface area (Å²) in [5, 5.41) is 3.16. The molecule has 2 rings (SSSR count). The lowest BCUT2D eigenvalue weighted by Crippen LogP contribution is -2.12. The van der Waals surface area contributed by atoms with Gasteiger partial charge in [0.05, 0.1) is 11.3 Å². The monoisotopic (exact) mass is 261 g/mol. The molecule has 1 aromatic heterocycles. The Bertz CT molecular complexity index is 564. The van der Waals surface area contributed by atoms with E-state index in [0.717, 1.165) is 6.07 Å². The summed E-state index contributed by atoms with van der Waals surface area (Å²) >= 11 is 0. The molecule has 0 fully saturated rings. The molecule has 0 atom stereocenters. The van der Waals surface area contributed by atoms with E-state index in [4.69, 9.17) is 5.73 Å². The molecular weight excluding hydrogens is 254 g/mol. The Balaban J connectivity index is 2.33. The van der Waals surface area contributed by atoms with Crippen LogP contribution < -0.4 is 5.73 Å². The molecule has 0 aliphatic carbocycles. The zero-order chi connectivity index (χ0) is 13.3. The van der Waals surface area contributed by atoms with Crippen molar-refractivity contribution < 1.29 is 22.1 Å². The minimum atomic E-state index is -4.44. The molecule has 0 saturated carbocycles.